The summed E-state index contributed by atoms with van der Waals surface area (Å²) in [7, 11) is -4.78. The summed E-state index contributed by atoms with van der Waals surface area (Å²) in [6.07, 6.45) is -1.46. The second-order valence-corrected chi connectivity index (χ2v) is 30.3. The van der Waals surface area contributed by atoms with Gasteiger partial charge in [-0.3, -0.25) is 48.4 Å². The molecule has 3 atom stereocenters. The molecule has 3 heterocycles. The van der Waals surface area contributed by atoms with E-state index >= 15 is 0 Å². The Morgan fingerprint density at radius 2 is 0.709 bits per heavy atom. The van der Waals surface area contributed by atoms with Gasteiger partial charge in [0.15, 0.2) is 0 Å². The Labute approximate surface area is 638 Å². The zero-order valence-electron chi connectivity index (χ0n) is 65.6. The maximum Gasteiger partial charge on any atom is 0.477 e. The highest BCUT2D eigenvalue weighted by molar-refractivity contribution is 7.48. The molecule has 3 aliphatic rings. The number of non-ortho nitro benzene ring substituents is 3. The van der Waals surface area contributed by atoms with Gasteiger partial charge in [-0.15, -0.1) is 0 Å². The van der Waals surface area contributed by atoms with Gasteiger partial charge >= 0.3 is 51.5 Å². The first kappa shape index (κ1) is 93.0. The Morgan fingerprint density at radius 1 is 0.445 bits per heavy atom. The average Bonchev–Trinajstić information content (AvgIpc) is 0.756. The van der Waals surface area contributed by atoms with E-state index in [0.717, 1.165) is 0 Å². The number of nitro groups is 3. The number of phosphoric acid groups is 2. The predicted molar refractivity (Wildman–Crippen MR) is 396 cm³/mol. The minimum atomic E-state index is -4.92. The van der Waals surface area contributed by atoms with Crippen LogP contribution in [0.4, 0.5) is 17.1 Å². The van der Waals surface area contributed by atoms with Crippen LogP contribution >= 0.6 is 15.6 Å². The molecule has 3 aromatic carbocycles. The number of nitrogens with zero attached hydrogens (tertiary/aromatic N) is 5. The topological polar surface area (TPSA) is 445 Å². The van der Waals surface area contributed by atoms with E-state index < -0.39 is 121 Å². The van der Waals surface area contributed by atoms with Crippen molar-refractivity contribution in [2.24, 2.45) is 0 Å². The number of methoxy groups -OCH3 is 3. The summed E-state index contributed by atoms with van der Waals surface area (Å²) in [4.78, 5) is 134. The van der Waals surface area contributed by atoms with Gasteiger partial charge < -0.3 is 67.5 Å². The Bertz CT molecular complexity index is 4170. The number of rotatable bonds is 32. The molecule has 6 rings (SSSR count). The monoisotopic (exact) mass is 1590 g/mol. The first-order valence-electron chi connectivity index (χ1n) is 34.4. The van der Waals surface area contributed by atoms with Crippen LogP contribution in [0, 0.1) is 30.3 Å². The molecule has 0 bridgehead atoms. The summed E-state index contributed by atoms with van der Waals surface area (Å²) in [5.74, 6) is -7.60. The van der Waals surface area contributed by atoms with E-state index in [9.17, 15) is 78.0 Å². The number of nitrogens with one attached hydrogen (secondary N) is 1. The third-order valence-electron chi connectivity index (χ3n) is 15.7. The van der Waals surface area contributed by atoms with Crippen molar-refractivity contribution in [2.75, 3.05) is 74.4 Å². The van der Waals surface area contributed by atoms with E-state index in [4.69, 9.17) is 56.2 Å². The highest BCUT2D eigenvalue weighted by atomic mass is 31.2. The quantitative estimate of drug-likeness (QED) is 0.0130. The van der Waals surface area contributed by atoms with Crippen molar-refractivity contribution < 1.29 is 123 Å². The Hall–Kier alpha value is -9.38. The van der Waals surface area contributed by atoms with Crippen LogP contribution in [0.3, 0.4) is 0 Å². The number of nitro benzene ring substituents is 3. The van der Waals surface area contributed by atoms with Gasteiger partial charge in [0, 0.05) is 91.9 Å². The van der Waals surface area contributed by atoms with Gasteiger partial charge in [-0.1, -0.05) is 36.4 Å². The highest BCUT2D eigenvalue weighted by Crippen LogP contribution is 2.56. The van der Waals surface area contributed by atoms with E-state index in [0.29, 0.717) is 33.9 Å². The molecule has 0 radical (unpaired) electrons. The molecular formula is C73H100N6O29P2. The van der Waals surface area contributed by atoms with Crippen molar-refractivity contribution in [3.8, 4) is 0 Å². The number of carbonyl (C=O) groups excluding carboxylic acids is 6. The van der Waals surface area contributed by atoms with Gasteiger partial charge in [0.25, 0.3) is 17.1 Å². The molecule has 35 nitrogen and oxygen atoms in total. The normalized spacial score (nSPS) is 16.4. The van der Waals surface area contributed by atoms with Gasteiger partial charge in [0.1, 0.15) is 33.3 Å². The summed E-state index contributed by atoms with van der Waals surface area (Å²) in [6.45, 7) is 28.8. The van der Waals surface area contributed by atoms with Crippen molar-refractivity contribution in [3.05, 3.63) is 187 Å². The number of esters is 6. The predicted octanol–water partition coefficient (Wildman–Crippen LogP) is 12.1. The summed E-state index contributed by atoms with van der Waals surface area (Å²) in [5, 5.41) is 37.4. The number of dihydropyridines is 1. The number of allylic oxidation sites excluding steroid dienone is 6. The molecule has 0 aliphatic carbocycles. The molecule has 0 amide bonds. The lowest BCUT2D eigenvalue weighted by atomic mass is 9.79. The van der Waals surface area contributed by atoms with Crippen LogP contribution in [0.1, 0.15) is 159 Å². The van der Waals surface area contributed by atoms with Crippen LogP contribution < -0.4 is 5.32 Å². The van der Waals surface area contributed by atoms with E-state index in [1.54, 1.807) is 123 Å². The average molecular weight is 1590 g/mol. The van der Waals surface area contributed by atoms with Gasteiger partial charge in [0.05, 0.1) is 115 Å². The van der Waals surface area contributed by atoms with Crippen LogP contribution in [0.5, 0.6) is 0 Å². The first-order chi connectivity index (χ1) is 51.1. The molecule has 3 N–H and O–H groups in total. The molecule has 37 heteroatoms. The zero-order valence-corrected chi connectivity index (χ0v) is 67.4. The largest absolute Gasteiger partial charge is 0.477 e. The summed E-state index contributed by atoms with van der Waals surface area (Å²) in [6, 6.07) is 16.9. The zero-order chi connectivity index (χ0) is 83.2. The van der Waals surface area contributed by atoms with Gasteiger partial charge in [-0.2, -0.15) is 0 Å². The summed E-state index contributed by atoms with van der Waals surface area (Å²) in [5.41, 5.74) is 0.705. The third-order valence-corrected chi connectivity index (χ3v) is 18.1. The van der Waals surface area contributed by atoms with Gasteiger partial charge in [0.2, 0.25) is 0 Å². The van der Waals surface area contributed by atoms with Crippen LogP contribution in [0.25, 0.3) is 0 Å². The number of hydrogen-bond acceptors (Lipinski definition) is 30. The van der Waals surface area contributed by atoms with Gasteiger partial charge in [-0.25, -0.2) is 37.9 Å². The summed E-state index contributed by atoms with van der Waals surface area (Å²) < 4.78 is 94.5. The Balaban J connectivity index is 0.000000355. The molecule has 3 aliphatic heterocycles. The second kappa shape index (κ2) is 41.1. The fourth-order valence-electron chi connectivity index (χ4n) is 11.4. The van der Waals surface area contributed by atoms with Gasteiger partial charge in [-0.05, 0) is 141 Å². The van der Waals surface area contributed by atoms with Crippen LogP contribution in [-0.2, 0) is 98.6 Å². The molecule has 0 aromatic heterocycles. The SMILES string of the molecule is COCCOC(=O)C1=C(C)N(COP(=O)(O)O)C(C)=C(C(=O)OC(C)C)C1c1cccc([N+](=O)[O-])c1.COCCOC(=O)C1=C(C)N(COP(=O)(OC(C)(C)C)OC(C)(C)C)C(C)=C(C(=O)OC(C)C)C1c1cccc([N+](=O)[O-])c1.COCCOC(=O)C1=C(C)NC(C)=C(C(=O)OC(C)C)C1c1cccc([N+](=O)[O-])c1. The Kier molecular flexibility index (Phi) is 34.7. The number of ether oxygens (including phenoxy) is 9. The van der Waals surface area contributed by atoms with E-state index in [2.05, 4.69) is 9.84 Å². The van der Waals surface area contributed by atoms with Crippen LogP contribution in [0.15, 0.2) is 140 Å². The summed E-state index contributed by atoms with van der Waals surface area (Å²) >= 11 is 0. The number of phosphoric ester groups is 2. The van der Waals surface area contributed by atoms with Crippen molar-refractivity contribution in [2.45, 2.75) is 172 Å². The molecule has 0 saturated heterocycles. The maximum absolute atomic E-state index is 13.9. The number of benzene rings is 3. The second-order valence-electron chi connectivity index (χ2n) is 27.5. The van der Waals surface area contributed by atoms with Crippen molar-refractivity contribution in [1.82, 2.24) is 15.1 Å². The standard InChI is InChI=1S/C30H45N2O11P.C22H29N2O11P.C21H26N2O7/c1-19(2)41-28(34)25-21(4)31(18-40-44(37,42-29(5,6)7)43-30(8,9)10)20(3)24(27(33)39-16-15-38-11)26(25)22-13-12-14-23(17-22)32(35)36;1-13(2)35-22(26)19-15(4)23(12-34-36(29,30)31)14(3)18(21(25)33-10-9-32-5)20(19)16-7-6-8-17(11-16)24(27)28;1-12(2)30-21(25)18-14(4)22-13(3)17(20(24)29-10-9-28-5)19(18)15-7-6-8-16(11-15)23(26)27/h12-14,17,19,26H,15-16,18H2,1-11H3;6-8,11,13,20H,9-10,12H2,1-5H3,(H2,29,30,31);6-8,11-12,19,22H,9-10H2,1-5H3. The van der Waals surface area contributed by atoms with Crippen LogP contribution in [0.2, 0.25) is 0 Å². The molecule has 3 aromatic rings. The molecule has 606 valence electrons. The lowest BCUT2D eigenvalue weighted by Crippen LogP contribution is -2.37. The Morgan fingerprint density at radius 3 is 0.982 bits per heavy atom. The smallest absolute Gasteiger partial charge is 0.460 e. The number of carbonyl (C=O) groups is 6. The number of hydrogen-bond donors (Lipinski definition) is 3. The fraction of sp³-hybridized carbons (Fsp3) is 0.507. The molecule has 0 fully saturated rings. The lowest BCUT2D eigenvalue weighted by molar-refractivity contribution is -0.385. The minimum absolute atomic E-state index is 0.00909. The van der Waals surface area contributed by atoms with E-state index in [1.165, 1.54) is 106 Å². The van der Waals surface area contributed by atoms with Crippen LogP contribution in [-0.4, -0.2) is 174 Å². The maximum atomic E-state index is 13.9. The lowest BCUT2D eigenvalue weighted by Gasteiger charge is -2.39. The van der Waals surface area contributed by atoms with E-state index in [-0.39, 0.29) is 113 Å². The third kappa shape index (κ3) is 26.7. The molecule has 0 spiro atoms. The molecular weight excluding hydrogens is 1490 g/mol. The minimum Gasteiger partial charge on any atom is -0.460 e. The molecule has 3 unspecified atom stereocenters. The van der Waals surface area contributed by atoms with Crippen molar-refractivity contribution in [3.63, 3.8) is 0 Å². The molecule has 110 heavy (non-hydrogen) atoms. The van der Waals surface area contributed by atoms with Crippen molar-refractivity contribution in [1.29, 1.82) is 0 Å². The van der Waals surface area contributed by atoms with E-state index in [1.807, 2.05) is 0 Å². The fourth-order valence-corrected chi connectivity index (χ4v) is 13.4. The first-order valence-corrected chi connectivity index (χ1v) is 37.4. The molecule has 0 saturated carbocycles. The van der Waals surface area contributed by atoms with Crippen molar-refractivity contribution >= 4 is 68.5 Å². The highest BCUT2D eigenvalue weighted by Gasteiger charge is 2.46.